The largest absolute Gasteiger partial charge is 0.493 e. The molecule has 1 aromatic heterocycles. The van der Waals surface area contributed by atoms with Crippen molar-refractivity contribution in [2.45, 2.75) is 0 Å². The summed E-state index contributed by atoms with van der Waals surface area (Å²) in [6, 6.07) is 8.02. The summed E-state index contributed by atoms with van der Waals surface area (Å²) in [5.41, 5.74) is 2.41. The first-order chi connectivity index (χ1) is 14.9. The topological polar surface area (TPSA) is 107 Å². The van der Waals surface area contributed by atoms with E-state index in [0.29, 0.717) is 64.2 Å². The van der Waals surface area contributed by atoms with Gasteiger partial charge in [-0.3, -0.25) is 19.9 Å². The average Bonchev–Trinajstić information content (AvgIpc) is 2.77. The van der Waals surface area contributed by atoms with Crippen molar-refractivity contribution in [3.05, 3.63) is 52.2 Å². The Bertz CT molecular complexity index is 1130. The van der Waals surface area contributed by atoms with Gasteiger partial charge in [-0.15, -0.1) is 0 Å². The van der Waals surface area contributed by atoms with Crippen LogP contribution in [0.25, 0.3) is 22.0 Å². The van der Waals surface area contributed by atoms with E-state index in [1.807, 2.05) is 19.0 Å². The Hall–Kier alpha value is -3.72. The number of likely N-dealkylation sites (N-methyl/N-ethyl adjacent to an activating group) is 1. The molecule has 9 nitrogen and oxygen atoms in total. The normalized spacial score (nSPS) is 10.9. The van der Waals surface area contributed by atoms with Crippen molar-refractivity contribution < 1.29 is 19.2 Å². The number of nitrogens with zero attached hydrogens (tertiary/aromatic N) is 3. The quantitative estimate of drug-likeness (QED) is 0.315. The molecule has 0 radical (unpaired) electrons. The fraction of sp³-hybridized carbons (Fsp3) is 0.273. The van der Waals surface area contributed by atoms with E-state index < -0.39 is 4.92 Å². The van der Waals surface area contributed by atoms with Crippen LogP contribution in [0, 0.1) is 10.1 Å². The van der Waals surface area contributed by atoms with E-state index in [-0.39, 0.29) is 5.69 Å². The molecule has 0 fully saturated rings. The third kappa shape index (κ3) is 4.41. The minimum absolute atomic E-state index is 0.0627. The van der Waals surface area contributed by atoms with E-state index >= 15 is 0 Å². The molecule has 3 rings (SSSR count). The number of fused-ring (bicyclic) bond motifs is 1. The smallest absolute Gasteiger partial charge is 0.280 e. The molecule has 0 bridgehead atoms. The molecule has 0 aliphatic heterocycles. The Morgan fingerprint density at radius 3 is 2.48 bits per heavy atom. The standard InChI is InChI=1S/C22H24N4O5/c1-25(2)9-8-23-22-16(12-24-17-6-5-7-18(21(17)22)26(28)29)15-11-20(31-4)19(30-3)10-14(15)13-27/h5-7,10-13H,8-9H2,1-4H3,(H,23,24). The molecule has 0 aliphatic rings. The number of hydrogen-bond acceptors (Lipinski definition) is 8. The Kier molecular flexibility index (Phi) is 6.66. The van der Waals surface area contributed by atoms with Crippen LogP contribution in [0.3, 0.4) is 0 Å². The number of methoxy groups -OCH3 is 2. The zero-order chi connectivity index (χ0) is 22.5. The first-order valence-electron chi connectivity index (χ1n) is 9.57. The van der Waals surface area contributed by atoms with Gasteiger partial charge in [-0.05, 0) is 37.9 Å². The van der Waals surface area contributed by atoms with E-state index in [0.717, 1.165) is 0 Å². The molecule has 1 N–H and O–H groups in total. The van der Waals surface area contributed by atoms with Gasteiger partial charge in [0.05, 0.1) is 30.3 Å². The van der Waals surface area contributed by atoms with Gasteiger partial charge in [0.15, 0.2) is 17.8 Å². The summed E-state index contributed by atoms with van der Waals surface area (Å²) >= 11 is 0. The van der Waals surface area contributed by atoms with Crippen molar-refractivity contribution >= 4 is 28.6 Å². The Morgan fingerprint density at radius 1 is 1.16 bits per heavy atom. The number of benzene rings is 2. The number of carbonyl (C=O) groups is 1. The van der Waals surface area contributed by atoms with Crippen molar-refractivity contribution in [2.75, 3.05) is 46.7 Å². The van der Waals surface area contributed by atoms with Crippen LogP contribution in [0.5, 0.6) is 11.5 Å². The Morgan fingerprint density at radius 2 is 1.87 bits per heavy atom. The molecule has 0 atom stereocenters. The van der Waals surface area contributed by atoms with E-state index in [1.54, 1.807) is 30.5 Å². The summed E-state index contributed by atoms with van der Waals surface area (Å²) in [4.78, 5) is 29.6. The van der Waals surface area contributed by atoms with Gasteiger partial charge < -0.3 is 19.7 Å². The van der Waals surface area contributed by atoms with Gasteiger partial charge in [-0.1, -0.05) is 6.07 Å². The SMILES string of the molecule is COc1cc(C=O)c(-c2cnc3cccc([N+](=O)[O-])c3c2NCCN(C)C)cc1OC. The monoisotopic (exact) mass is 424 g/mol. The third-order valence-electron chi connectivity index (χ3n) is 4.90. The van der Waals surface area contributed by atoms with Gasteiger partial charge in [0.2, 0.25) is 0 Å². The van der Waals surface area contributed by atoms with Gasteiger partial charge in [-0.2, -0.15) is 0 Å². The lowest BCUT2D eigenvalue weighted by Crippen LogP contribution is -2.21. The first-order valence-corrected chi connectivity index (χ1v) is 9.57. The van der Waals surface area contributed by atoms with Crippen LogP contribution in [0.15, 0.2) is 36.5 Å². The first kappa shape index (κ1) is 22.0. The number of nitrogens with one attached hydrogen (secondary N) is 1. The van der Waals surface area contributed by atoms with E-state index in [1.165, 1.54) is 20.3 Å². The fourth-order valence-electron chi connectivity index (χ4n) is 3.40. The number of aromatic nitrogens is 1. The lowest BCUT2D eigenvalue weighted by molar-refractivity contribution is -0.383. The number of hydrogen-bond donors (Lipinski definition) is 1. The lowest BCUT2D eigenvalue weighted by atomic mass is 9.96. The zero-order valence-electron chi connectivity index (χ0n) is 17.8. The van der Waals surface area contributed by atoms with Gasteiger partial charge in [-0.25, -0.2) is 0 Å². The molecule has 0 aliphatic carbocycles. The average molecular weight is 424 g/mol. The van der Waals surface area contributed by atoms with Crippen LogP contribution in [-0.4, -0.2) is 62.5 Å². The van der Waals surface area contributed by atoms with Gasteiger partial charge in [0, 0.05) is 36.5 Å². The molecule has 9 heteroatoms. The number of nitro groups is 1. The summed E-state index contributed by atoms with van der Waals surface area (Å²) in [5, 5.41) is 15.5. The number of aldehydes is 1. The predicted molar refractivity (Wildman–Crippen MR) is 119 cm³/mol. The Labute approximate surface area is 179 Å². The van der Waals surface area contributed by atoms with Crippen molar-refractivity contribution in [1.82, 2.24) is 9.88 Å². The minimum Gasteiger partial charge on any atom is -0.493 e. The minimum atomic E-state index is -0.430. The molecule has 0 saturated carbocycles. The number of pyridine rings is 1. The summed E-state index contributed by atoms with van der Waals surface area (Å²) in [5.74, 6) is 0.847. The summed E-state index contributed by atoms with van der Waals surface area (Å²) in [7, 11) is 6.87. The lowest BCUT2D eigenvalue weighted by Gasteiger charge is -2.18. The number of rotatable bonds is 9. The van der Waals surface area contributed by atoms with Gasteiger partial charge in [0.25, 0.3) is 5.69 Å². The van der Waals surface area contributed by atoms with Gasteiger partial charge in [0.1, 0.15) is 5.39 Å². The fourth-order valence-corrected chi connectivity index (χ4v) is 3.40. The molecule has 1 heterocycles. The number of anilines is 1. The maximum Gasteiger partial charge on any atom is 0.280 e. The molecule has 0 unspecified atom stereocenters. The maximum atomic E-state index is 11.9. The molecular weight excluding hydrogens is 400 g/mol. The molecule has 0 spiro atoms. The van der Waals surface area contributed by atoms with E-state index in [9.17, 15) is 14.9 Å². The van der Waals surface area contributed by atoms with Crippen LogP contribution in [0.2, 0.25) is 0 Å². The number of non-ortho nitro benzene ring substituents is 1. The Balaban J connectivity index is 2.33. The number of nitro benzene ring substituents is 1. The van der Waals surface area contributed by atoms with Crippen LogP contribution >= 0.6 is 0 Å². The number of carbonyl (C=O) groups excluding carboxylic acids is 1. The van der Waals surface area contributed by atoms with Crippen molar-refractivity contribution in [3.63, 3.8) is 0 Å². The van der Waals surface area contributed by atoms with E-state index in [2.05, 4.69) is 10.3 Å². The van der Waals surface area contributed by atoms with Crippen LogP contribution < -0.4 is 14.8 Å². The number of ether oxygens (including phenoxy) is 2. The highest BCUT2D eigenvalue weighted by Gasteiger charge is 2.22. The molecule has 2 aromatic carbocycles. The molecule has 162 valence electrons. The molecule has 0 amide bonds. The van der Waals surface area contributed by atoms with Crippen molar-refractivity contribution in [1.29, 1.82) is 0 Å². The predicted octanol–water partition coefficient (Wildman–Crippen LogP) is 3.61. The second kappa shape index (κ2) is 9.40. The van der Waals surface area contributed by atoms with E-state index in [4.69, 9.17) is 9.47 Å². The second-order valence-electron chi connectivity index (χ2n) is 7.12. The molecule has 3 aromatic rings. The van der Waals surface area contributed by atoms with Crippen LogP contribution in [0.1, 0.15) is 10.4 Å². The van der Waals surface area contributed by atoms with Crippen molar-refractivity contribution in [2.24, 2.45) is 0 Å². The van der Waals surface area contributed by atoms with Crippen LogP contribution in [0.4, 0.5) is 11.4 Å². The summed E-state index contributed by atoms with van der Waals surface area (Å²) in [6.07, 6.45) is 2.32. The summed E-state index contributed by atoms with van der Waals surface area (Å²) < 4.78 is 10.7. The summed E-state index contributed by atoms with van der Waals surface area (Å²) in [6.45, 7) is 1.24. The zero-order valence-corrected chi connectivity index (χ0v) is 17.8. The van der Waals surface area contributed by atoms with Crippen molar-refractivity contribution in [3.8, 4) is 22.6 Å². The van der Waals surface area contributed by atoms with Crippen LogP contribution in [-0.2, 0) is 0 Å². The highest BCUT2D eigenvalue weighted by molar-refractivity contribution is 6.06. The maximum absolute atomic E-state index is 11.9. The molecule has 0 saturated heterocycles. The second-order valence-corrected chi connectivity index (χ2v) is 7.12. The highest BCUT2D eigenvalue weighted by atomic mass is 16.6. The molecular formula is C22H24N4O5. The van der Waals surface area contributed by atoms with Gasteiger partial charge >= 0.3 is 0 Å². The highest BCUT2D eigenvalue weighted by Crippen LogP contribution is 2.42. The molecule has 31 heavy (non-hydrogen) atoms. The third-order valence-corrected chi connectivity index (χ3v) is 4.90.